The highest BCUT2D eigenvalue weighted by Gasteiger charge is 2.09. The van der Waals surface area contributed by atoms with E-state index in [1.807, 2.05) is 24.3 Å². The summed E-state index contributed by atoms with van der Waals surface area (Å²) in [7, 11) is 0. The fourth-order valence-corrected chi connectivity index (χ4v) is 2.14. The van der Waals surface area contributed by atoms with E-state index in [0.29, 0.717) is 0 Å². The minimum Gasteiger partial charge on any atom is -0.294 e. The summed E-state index contributed by atoms with van der Waals surface area (Å²) in [6.07, 6.45) is 0. The highest BCUT2D eigenvalue weighted by Crippen LogP contribution is 2.27. The number of Topliss-reactive ketones (excluding diaryl/α,β-unsaturated/α-hetero) is 1. The third-order valence-corrected chi connectivity index (χ3v) is 2.98. The van der Waals surface area contributed by atoms with E-state index in [1.165, 1.54) is 11.1 Å². The second-order valence-electron chi connectivity index (χ2n) is 4.42. The van der Waals surface area contributed by atoms with E-state index in [1.54, 1.807) is 6.92 Å². The number of aryl methyl sites for hydroxylation is 2. The predicted molar refractivity (Wildman–Crippen MR) is 71.4 cm³/mol. The van der Waals surface area contributed by atoms with Crippen LogP contribution in [-0.4, -0.2) is 5.78 Å². The fraction of sp³-hybridized carbons (Fsp3) is 0.188. The Morgan fingerprint density at radius 2 is 1.65 bits per heavy atom. The molecule has 0 radical (unpaired) electrons. The van der Waals surface area contributed by atoms with Gasteiger partial charge >= 0.3 is 0 Å². The molecular weight excluding hydrogens is 208 g/mol. The first-order chi connectivity index (χ1) is 8.09. The zero-order valence-electron chi connectivity index (χ0n) is 10.4. The zero-order chi connectivity index (χ0) is 12.4. The molecule has 0 aliphatic heterocycles. The van der Waals surface area contributed by atoms with E-state index < -0.39 is 0 Å². The van der Waals surface area contributed by atoms with Crippen LogP contribution in [0.1, 0.15) is 28.4 Å². The average Bonchev–Trinajstić information content (AvgIpc) is 2.29. The lowest BCUT2D eigenvalue weighted by atomic mass is 9.93. The van der Waals surface area contributed by atoms with Gasteiger partial charge in [0, 0.05) is 5.56 Å². The molecule has 0 bridgehead atoms. The molecule has 0 spiro atoms. The molecule has 86 valence electrons. The van der Waals surface area contributed by atoms with E-state index in [2.05, 4.69) is 32.0 Å². The maximum absolute atomic E-state index is 11.6. The van der Waals surface area contributed by atoms with Gasteiger partial charge in [0.2, 0.25) is 0 Å². The molecule has 0 aromatic heterocycles. The van der Waals surface area contributed by atoms with Crippen molar-refractivity contribution in [2.24, 2.45) is 0 Å². The van der Waals surface area contributed by atoms with E-state index in [0.717, 1.165) is 16.7 Å². The molecule has 0 aliphatic carbocycles. The molecule has 0 N–H and O–H groups in total. The lowest BCUT2D eigenvalue weighted by molar-refractivity contribution is 0.101. The van der Waals surface area contributed by atoms with Crippen LogP contribution in [0.5, 0.6) is 0 Å². The molecule has 0 fully saturated rings. The van der Waals surface area contributed by atoms with Gasteiger partial charge in [-0.1, -0.05) is 48.0 Å². The SMILES string of the molecule is CC(=O)c1ccccc1-c1ccc(C)cc1C. The minimum atomic E-state index is 0.112. The first-order valence-corrected chi connectivity index (χ1v) is 5.77. The van der Waals surface area contributed by atoms with Crippen molar-refractivity contribution >= 4 is 5.78 Å². The molecule has 2 aromatic rings. The van der Waals surface area contributed by atoms with Gasteiger partial charge in [-0.3, -0.25) is 4.79 Å². The molecule has 0 saturated heterocycles. The third-order valence-electron chi connectivity index (χ3n) is 2.98. The molecule has 1 heteroatoms. The van der Waals surface area contributed by atoms with Crippen LogP contribution in [-0.2, 0) is 0 Å². The number of rotatable bonds is 2. The molecule has 0 atom stereocenters. The normalized spacial score (nSPS) is 10.3. The van der Waals surface area contributed by atoms with Gasteiger partial charge in [0.1, 0.15) is 0 Å². The lowest BCUT2D eigenvalue weighted by Crippen LogP contribution is -1.96. The van der Waals surface area contributed by atoms with Crippen molar-refractivity contribution in [1.82, 2.24) is 0 Å². The largest absolute Gasteiger partial charge is 0.294 e. The molecule has 0 saturated carbocycles. The topological polar surface area (TPSA) is 17.1 Å². The second-order valence-corrected chi connectivity index (χ2v) is 4.42. The van der Waals surface area contributed by atoms with Gasteiger partial charge < -0.3 is 0 Å². The quantitative estimate of drug-likeness (QED) is 0.699. The molecule has 2 aromatic carbocycles. The molecule has 0 amide bonds. The predicted octanol–water partition coefficient (Wildman–Crippen LogP) is 4.17. The Morgan fingerprint density at radius 3 is 2.29 bits per heavy atom. The molecule has 0 unspecified atom stereocenters. The summed E-state index contributed by atoms with van der Waals surface area (Å²) in [6, 6.07) is 14.1. The van der Waals surface area contributed by atoms with E-state index >= 15 is 0 Å². The number of ketones is 1. The molecule has 1 nitrogen and oxygen atoms in total. The highest BCUT2D eigenvalue weighted by atomic mass is 16.1. The van der Waals surface area contributed by atoms with Crippen LogP contribution in [0.15, 0.2) is 42.5 Å². The lowest BCUT2D eigenvalue weighted by Gasteiger charge is -2.10. The number of carbonyl (C=O) groups is 1. The van der Waals surface area contributed by atoms with Crippen LogP contribution in [0, 0.1) is 13.8 Å². The Kier molecular flexibility index (Phi) is 3.10. The summed E-state index contributed by atoms with van der Waals surface area (Å²) in [5.74, 6) is 0.112. The van der Waals surface area contributed by atoms with Gasteiger partial charge in [-0.2, -0.15) is 0 Å². The van der Waals surface area contributed by atoms with Crippen LogP contribution in [0.2, 0.25) is 0 Å². The monoisotopic (exact) mass is 224 g/mol. The Balaban J connectivity index is 2.64. The van der Waals surface area contributed by atoms with E-state index in [-0.39, 0.29) is 5.78 Å². The number of hydrogen-bond acceptors (Lipinski definition) is 1. The summed E-state index contributed by atoms with van der Waals surface area (Å²) < 4.78 is 0. The van der Waals surface area contributed by atoms with Crippen LogP contribution < -0.4 is 0 Å². The summed E-state index contributed by atoms with van der Waals surface area (Å²) >= 11 is 0. The summed E-state index contributed by atoms with van der Waals surface area (Å²) in [6.45, 7) is 5.77. The van der Waals surface area contributed by atoms with Crippen molar-refractivity contribution < 1.29 is 4.79 Å². The van der Waals surface area contributed by atoms with Gasteiger partial charge in [-0.05, 0) is 37.5 Å². The molecule has 0 heterocycles. The van der Waals surface area contributed by atoms with Gasteiger partial charge in [0.25, 0.3) is 0 Å². The van der Waals surface area contributed by atoms with Crippen molar-refractivity contribution in [1.29, 1.82) is 0 Å². The average molecular weight is 224 g/mol. The number of benzene rings is 2. The summed E-state index contributed by atoms with van der Waals surface area (Å²) in [5, 5.41) is 0. The molecular formula is C16H16O. The standard InChI is InChI=1S/C16H16O/c1-11-8-9-14(12(2)10-11)16-7-5-4-6-15(16)13(3)17/h4-10H,1-3H3. The Morgan fingerprint density at radius 1 is 0.941 bits per heavy atom. The van der Waals surface area contributed by atoms with Crippen molar-refractivity contribution in [2.45, 2.75) is 20.8 Å². The number of carbonyl (C=O) groups excluding carboxylic acids is 1. The maximum atomic E-state index is 11.6. The van der Waals surface area contributed by atoms with E-state index in [9.17, 15) is 4.79 Å². The van der Waals surface area contributed by atoms with Crippen LogP contribution in [0.25, 0.3) is 11.1 Å². The van der Waals surface area contributed by atoms with Crippen molar-refractivity contribution in [2.75, 3.05) is 0 Å². The van der Waals surface area contributed by atoms with Crippen LogP contribution >= 0.6 is 0 Å². The zero-order valence-corrected chi connectivity index (χ0v) is 10.4. The highest BCUT2D eigenvalue weighted by molar-refractivity contribution is 6.01. The third kappa shape index (κ3) is 2.28. The van der Waals surface area contributed by atoms with Crippen molar-refractivity contribution in [3.63, 3.8) is 0 Å². The summed E-state index contributed by atoms with van der Waals surface area (Å²) in [5.41, 5.74) is 5.41. The molecule has 17 heavy (non-hydrogen) atoms. The minimum absolute atomic E-state index is 0.112. The van der Waals surface area contributed by atoms with E-state index in [4.69, 9.17) is 0 Å². The first-order valence-electron chi connectivity index (χ1n) is 5.77. The van der Waals surface area contributed by atoms with Gasteiger partial charge in [0.05, 0.1) is 0 Å². The van der Waals surface area contributed by atoms with Gasteiger partial charge in [0.15, 0.2) is 5.78 Å². The summed E-state index contributed by atoms with van der Waals surface area (Å²) in [4.78, 5) is 11.6. The Hall–Kier alpha value is -1.89. The molecule has 0 aliphatic rings. The molecule has 2 rings (SSSR count). The maximum Gasteiger partial charge on any atom is 0.160 e. The van der Waals surface area contributed by atoms with Gasteiger partial charge in [-0.15, -0.1) is 0 Å². The smallest absolute Gasteiger partial charge is 0.160 e. The van der Waals surface area contributed by atoms with Crippen LogP contribution in [0.3, 0.4) is 0 Å². The van der Waals surface area contributed by atoms with Crippen molar-refractivity contribution in [3.8, 4) is 11.1 Å². The van der Waals surface area contributed by atoms with Crippen molar-refractivity contribution in [3.05, 3.63) is 59.2 Å². The van der Waals surface area contributed by atoms with Crippen LogP contribution in [0.4, 0.5) is 0 Å². The first kappa shape index (κ1) is 11.6. The van der Waals surface area contributed by atoms with Gasteiger partial charge in [-0.25, -0.2) is 0 Å². The Bertz CT molecular complexity index is 567. The second kappa shape index (κ2) is 4.54. The fourth-order valence-electron chi connectivity index (χ4n) is 2.14. The Labute approximate surface area is 102 Å². The number of hydrogen-bond donors (Lipinski definition) is 0.